The Kier molecular flexibility index (Phi) is 9.96. The number of benzene rings is 2. The van der Waals surface area contributed by atoms with Gasteiger partial charge in [-0.15, -0.1) is 0 Å². The molecule has 0 aromatic heterocycles. The average Bonchev–Trinajstić information content (AvgIpc) is 2.77. The maximum atomic E-state index is 13.2. The van der Waals surface area contributed by atoms with Crippen molar-refractivity contribution in [3.63, 3.8) is 0 Å². The summed E-state index contributed by atoms with van der Waals surface area (Å²) in [6.07, 6.45) is 0.330. The first-order valence-electron chi connectivity index (χ1n) is 10.7. The molecule has 0 saturated carbocycles. The van der Waals surface area contributed by atoms with Crippen LogP contribution >= 0.6 is 0 Å². The molecule has 1 atom stereocenters. The Morgan fingerprint density at radius 1 is 1.12 bits per heavy atom. The molecule has 0 fully saturated rings. The van der Waals surface area contributed by atoms with E-state index in [-0.39, 0.29) is 30.6 Å². The number of hydrogen-bond acceptors (Lipinski definition) is 6. The van der Waals surface area contributed by atoms with E-state index in [4.69, 9.17) is 10.5 Å². The van der Waals surface area contributed by atoms with Crippen LogP contribution < -0.4 is 11.1 Å². The molecule has 0 radical (unpaired) electrons. The molecule has 0 aliphatic carbocycles. The van der Waals surface area contributed by atoms with Gasteiger partial charge in [-0.05, 0) is 48.6 Å². The number of nitrogens with one attached hydrogen (secondary N) is 1. The van der Waals surface area contributed by atoms with Crippen molar-refractivity contribution >= 4 is 21.8 Å². The Morgan fingerprint density at radius 2 is 1.78 bits per heavy atom. The molecule has 0 spiro atoms. The highest BCUT2D eigenvalue weighted by atomic mass is 32.2. The average molecular weight is 464 g/mol. The maximum Gasteiger partial charge on any atom is 0.407 e. The van der Waals surface area contributed by atoms with Gasteiger partial charge in [-0.3, -0.25) is 0 Å². The molecule has 2 aromatic carbocycles. The smallest absolute Gasteiger partial charge is 0.407 e. The summed E-state index contributed by atoms with van der Waals surface area (Å²) < 4.78 is 33.0. The van der Waals surface area contributed by atoms with E-state index >= 15 is 0 Å². The lowest BCUT2D eigenvalue weighted by Gasteiger charge is -2.31. The standard InChI is InChI=1S/C23H33N3O5S/c1-18(2)15-26(32(29,30)22-12-10-20(24)11-13-22)21(16-27)9-6-14-25-23(28)31-17-19-7-4-3-5-8-19/h3-5,7-8,10-13,18,21,27H,6,9,14-17,24H2,1-2H3,(H,25,28)/t21-/m0/s1. The molecule has 1 amide bonds. The van der Waals surface area contributed by atoms with Gasteiger partial charge in [0.1, 0.15) is 6.61 Å². The number of amides is 1. The molecule has 4 N–H and O–H groups in total. The molecule has 0 aliphatic heterocycles. The van der Waals surface area contributed by atoms with E-state index in [1.54, 1.807) is 12.1 Å². The van der Waals surface area contributed by atoms with Crippen molar-refractivity contribution in [2.24, 2.45) is 5.92 Å². The predicted molar refractivity (Wildman–Crippen MR) is 124 cm³/mol. The number of aliphatic hydroxyl groups excluding tert-OH is 1. The number of hydrogen-bond donors (Lipinski definition) is 3. The molecule has 0 bridgehead atoms. The lowest BCUT2D eigenvalue weighted by molar-refractivity contribution is 0.138. The number of ether oxygens (including phenoxy) is 1. The van der Waals surface area contributed by atoms with Gasteiger partial charge in [-0.25, -0.2) is 13.2 Å². The van der Waals surface area contributed by atoms with Crippen LogP contribution in [0, 0.1) is 5.92 Å². The van der Waals surface area contributed by atoms with E-state index in [0.29, 0.717) is 25.1 Å². The van der Waals surface area contributed by atoms with Crippen molar-refractivity contribution in [1.82, 2.24) is 9.62 Å². The van der Waals surface area contributed by atoms with Crippen LogP contribution in [0.2, 0.25) is 0 Å². The first kappa shape index (κ1) is 25.6. The third-order valence-electron chi connectivity index (χ3n) is 4.85. The summed E-state index contributed by atoms with van der Waals surface area (Å²) in [5.74, 6) is 0.0682. The molecular formula is C23H33N3O5S. The molecular weight excluding hydrogens is 430 g/mol. The van der Waals surface area contributed by atoms with Gasteiger partial charge in [-0.2, -0.15) is 4.31 Å². The van der Waals surface area contributed by atoms with Crippen LogP contribution in [0.25, 0.3) is 0 Å². The van der Waals surface area contributed by atoms with Crippen molar-refractivity contribution in [2.75, 3.05) is 25.4 Å². The van der Waals surface area contributed by atoms with Crippen LogP contribution in [0.1, 0.15) is 32.3 Å². The summed E-state index contributed by atoms with van der Waals surface area (Å²) in [5.41, 5.74) is 7.04. The summed E-state index contributed by atoms with van der Waals surface area (Å²) in [7, 11) is -3.81. The Balaban J connectivity index is 1.93. The van der Waals surface area contributed by atoms with Crippen LogP contribution in [0.3, 0.4) is 0 Å². The molecule has 32 heavy (non-hydrogen) atoms. The van der Waals surface area contributed by atoms with Crippen LogP contribution in [-0.2, 0) is 21.4 Å². The fourth-order valence-corrected chi connectivity index (χ4v) is 5.02. The second kappa shape index (κ2) is 12.4. The molecule has 9 heteroatoms. The van der Waals surface area contributed by atoms with Crippen LogP contribution in [0.5, 0.6) is 0 Å². The normalized spacial score (nSPS) is 12.7. The van der Waals surface area contributed by atoms with Gasteiger partial charge in [0.2, 0.25) is 10.0 Å². The number of aliphatic hydroxyl groups is 1. The highest BCUT2D eigenvalue weighted by Gasteiger charge is 2.31. The van der Waals surface area contributed by atoms with E-state index in [2.05, 4.69) is 5.32 Å². The maximum absolute atomic E-state index is 13.2. The van der Waals surface area contributed by atoms with Crippen molar-refractivity contribution in [1.29, 1.82) is 0 Å². The number of carbonyl (C=O) groups excluding carboxylic acids is 1. The molecule has 0 unspecified atom stereocenters. The fourth-order valence-electron chi connectivity index (χ4n) is 3.21. The first-order chi connectivity index (χ1) is 15.2. The van der Waals surface area contributed by atoms with Gasteiger partial charge >= 0.3 is 6.09 Å². The SMILES string of the molecule is CC(C)CN([C@H](CO)CCCNC(=O)OCc1ccccc1)S(=O)(=O)c1ccc(N)cc1. The molecule has 0 aliphatic rings. The van der Waals surface area contributed by atoms with E-state index in [1.165, 1.54) is 16.4 Å². The second-order valence-corrected chi connectivity index (χ2v) is 9.90. The molecule has 0 heterocycles. The first-order valence-corrected chi connectivity index (χ1v) is 12.1. The van der Waals surface area contributed by atoms with Gasteiger partial charge in [-0.1, -0.05) is 44.2 Å². The number of nitrogens with two attached hydrogens (primary N) is 1. The lowest BCUT2D eigenvalue weighted by Crippen LogP contribution is -2.44. The largest absolute Gasteiger partial charge is 0.445 e. The summed E-state index contributed by atoms with van der Waals surface area (Å²) in [6, 6.07) is 14.8. The predicted octanol–water partition coefficient (Wildman–Crippen LogP) is 2.98. The fraction of sp³-hybridized carbons (Fsp3) is 0.435. The zero-order valence-corrected chi connectivity index (χ0v) is 19.4. The van der Waals surface area contributed by atoms with Crippen LogP contribution in [-0.4, -0.2) is 49.7 Å². The van der Waals surface area contributed by atoms with Crippen molar-refractivity contribution in [2.45, 2.75) is 44.2 Å². The number of nitrogens with zero attached hydrogens (tertiary/aromatic N) is 1. The summed E-state index contributed by atoms with van der Waals surface area (Å²) in [4.78, 5) is 12.0. The highest BCUT2D eigenvalue weighted by molar-refractivity contribution is 7.89. The van der Waals surface area contributed by atoms with Crippen molar-refractivity contribution in [3.05, 3.63) is 60.2 Å². The number of anilines is 1. The summed E-state index contributed by atoms with van der Waals surface area (Å²) in [5, 5.41) is 12.6. The number of sulfonamides is 1. The number of alkyl carbamates (subject to hydrolysis) is 1. The highest BCUT2D eigenvalue weighted by Crippen LogP contribution is 2.23. The van der Waals surface area contributed by atoms with Gasteiger partial charge in [0, 0.05) is 24.8 Å². The summed E-state index contributed by atoms with van der Waals surface area (Å²) in [6.45, 7) is 4.27. The lowest BCUT2D eigenvalue weighted by atomic mass is 10.1. The van der Waals surface area contributed by atoms with Crippen molar-refractivity contribution < 1.29 is 23.1 Å². The Labute approximate surface area is 190 Å². The second-order valence-electron chi connectivity index (χ2n) is 8.00. The quantitative estimate of drug-likeness (QED) is 0.329. The van der Waals surface area contributed by atoms with Crippen LogP contribution in [0.4, 0.5) is 10.5 Å². The van der Waals surface area contributed by atoms with Crippen molar-refractivity contribution in [3.8, 4) is 0 Å². The minimum absolute atomic E-state index is 0.0682. The van der Waals surface area contributed by atoms with Gasteiger partial charge in [0.05, 0.1) is 11.5 Å². The molecule has 176 valence electrons. The monoisotopic (exact) mass is 463 g/mol. The molecule has 0 saturated heterocycles. The Hall–Kier alpha value is -2.62. The zero-order chi connectivity index (χ0) is 23.6. The third-order valence-corrected chi connectivity index (χ3v) is 6.78. The Morgan fingerprint density at radius 3 is 2.38 bits per heavy atom. The van der Waals surface area contributed by atoms with E-state index < -0.39 is 22.2 Å². The number of nitrogen functional groups attached to an aromatic ring is 1. The Bertz CT molecular complexity index is 934. The van der Waals surface area contributed by atoms with Gasteiger partial charge in [0.15, 0.2) is 0 Å². The minimum Gasteiger partial charge on any atom is -0.445 e. The van der Waals surface area contributed by atoms with E-state index in [0.717, 1.165) is 5.56 Å². The topological polar surface area (TPSA) is 122 Å². The third kappa shape index (κ3) is 7.81. The molecule has 2 rings (SSSR count). The van der Waals surface area contributed by atoms with Gasteiger partial charge in [0.25, 0.3) is 0 Å². The summed E-state index contributed by atoms with van der Waals surface area (Å²) >= 11 is 0. The minimum atomic E-state index is -3.81. The number of rotatable bonds is 12. The number of carbonyl (C=O) groups is 1. The zero-order valence-electron chi connectivity index (χ0n) is 18.6. The van der Waals surface area contributed by atoms with Crippen LogP contribution in [0.15, 0.2) is 59.5 Å². The molecule has 2 aromatic rings. The van der Waals surface area contributed by atoms with E-state index in [9.17, 15) is 18.3 Å². The van der Waals surface area contributed by atoms with Gasteiger partial charge < -0.3 is 20.9 Å². The molecule has 8 nitrogen and oxygen atoms in total. The van der Waals surface area contributed by atoms with E-state index in [1.807, 2.05) is 44.2 Å².